The summed E-state index contributed by atoms with van der Waals surface area (Å²) in [6.45, 7) is 4.16. The zero-order valence-corrected chi connectivity index (χ0v) is 13.1. The number of aromatic nitrogens is 1. The number of hydrogen-bond donors (Lipinski definition) is 0. The summed E-state index contributed by atoms with van der Waals surface area (Å²) in [5.74, 6) is -0.347. The van der Waals surface area contributed by atoms with Gasteiger partial charge in [-0.3, -0.25) is 0 Å². The van der Waals surface area contributed by atoms with E-state index >= 15 is 0 Å². The molecule has 1 aromatic heterocycles. The van der Waals surface area contributed by atoms with Crippen molar-refractivity contribution in [2.75, 3.05) is 6.61 Å². The molecule has 0 aliphatic carbocycles. The molecule has 0 atom stereocenters. The van der Waals surface area contributed by atoms with Gasteiger partial charge >= 0.3 is 5.97 Å². The number of carbonyl (C=O) groups excluding carboxylic acids is 1. The monoisotopic (exact) mass is 303 g/mol. The lowest BCUT2D eigenvalue weighted by atomic mass is 10.2. The molecule has 0 radical (unpaired) electrons. The van der Waals surface area contributed by atoms with Gasteiger partial charge in [0.15, 0.2) is 0 Å². The second kappa shape index (κ2) is 6.99. The van der Waals surface area contributed by atoms with Crippen LogP contribution in [0.2, 0.25) is 0 Å². The van der Waals surface area contributed by atoms with Gasteiger partial charge in [-0.05, 0) is 19.4 Å². The molecular formula is C15H17N3O2S. The number of esters is 1. The third-order valence-electron chi connectivity index (χ3n) is 2.80. The highest BCUT2D eigenvalue weighted by Gasteiger charge is 2.11. The summed E-state index contributed by atoms with van der Waals surface area (Å²) < 4.78 is 6.65. The van der Waals surface area contributed by atoms with Crippen LogP contribution in [-0.4, -0.2) is 23.4 Å². The topological polar surface area (TPSA) is 55.9 Å². The quantitative estimate of drug-likeness (QED) is 0.495. The molecule has 2 aromatic rings. The molecular weight excluding hydrogens is 286 g/mol. The van der Waals surface area contributed by atoms with Gasteiger partial charge in [-0.15, -0.1) is 16.4 Å². The van der Waals surface area contributed by atoms with Gasteiger partial charge in [-0.2, -0.15) is 5.10 Å². The van der Waals surface area contributed by atoms with Crippen molar-refractivity contribution >= 4 is 23.5 Å². The van der Waals surface area contributed by atoms with Crippen LogP contribution in [0, 0.1) is 6.92 Å². The van der Waals surface area contributed by atoms with Crippen molar-refractivity contribution in [3.8, 4) is 0 Å². The number of nitrogens with zero attached hydrogens (tertiary/aromatic N) is 3. The molecule has 110 valence electrons. The van der Waals surface area contributed by atoms with Crippen molar-refractivity contribution in [2.24, 2.45) is 17.3 Å². The number of ether oxygens (including phenoxy) is 1. The number of carbonyl (C=O) groups is 1. The Labute approximate surface area is 127 Å². The summed E-state index contributed by atoms with van der Waals surface area (Å²) in [5, 5.41) is 9.93. The minimum Gasteiger partial charge on any atom is -0.461 e. The first-order valence-corrected chi connectivity index (χ1v) is 7.45. The van der Waals surface area contributed by atoms with Gasteiger partial charge in [-0.1, -0.05) is 29.8 Å². The van der Waals surface area contributed by atoms with Crippen LogP contribution in [0.4, 0.5) is 0 Å². The van der Waals surface area contributed by atoms with Crippen molar-refractivity contribution in [1.82, 2.24) is 4.57 Å². The van der Waals surface area contributed by atoms with Crippen molar-refractivity contribution in [3.63, 3.8) is 0 Å². The fourth-order valence-electron chi connectivity index (χ4n) is 1.75. The van der Waals surface area contributed by atoms with Crippen LogP contribution in [0.5, 0.6) is 0 Å². The van der Waals surface area contributed by atoms with Crippen molar-refractivity contribution < 1.29 is 9.53 Å². The normalized spacial score (nSPS) is 12.0. The van der Waals surface area contributed by atoms with E-state index in [9.17, 15) is 4.79 Å². The molecule has 0 fully saturated rings. The number of benzene rings is 1. The summed E-state index contributed by atoms with van der Waals surface area (Å²) in [7, 11) is 1.77. The Hall–Kier alpha value is -2.21. The highest BCUT2D eigenvalue weighted by atomic mass is 32.1. The van der Waals surface area contributed by atoms with Gasteiger partial charge in [-0.25, -0.2) is 4.79 Å². The second-order valence-corrected chi connectivity index (χ2v) is 5.28. The summed E-state index contributed by atoms with van der Waals surface area (Å²) in [6, 6.07) is 7.99. The standard InChI is InChI=1S/C15H17N3O2S/c1-4-20-14(19)13-10-21-15(18(13)3)17-16-9-12-7-5-6-11(2)8-12/h5-10H,4H2,1-3H3. The van der Waals surface area contributed by atoms with Crippen LogP contribution in [0.1, 0.15) is 28.5 Å². The maximum atomic E-state index is 11.7. The Morgan fingerprint density at radius 1 is 1.48 bits per heavy atom. The van der Waals surface area contributed by atoms with Gasteiger partial charge < -0.3 is 9.30 Å². The van der Waals surface area contributed by atoms with E-state index in [0.717, 1.165) is 5.56 Å². The number of hydrogen-bond acceptors (Lipinski definition) is 5. The predicted molar refractivity (Wildman–Crippen MR) is 83.6 cm³/mol. The maximum Gasteiger partial charge on any atom is 0.355 e. The lowest BCUT2D eigenvalue weighted by Crippen LogP contribution is -2.17. The highest BCUT2D eigenvalue weighted by molar-refractivity contribution is 7.07. The Morgan fingerprint density at radius 2 is 2.29 bits per heavy atom. The first kappa shape index (κ1) is 15.2. The molecule has 6 heteroatoms. The van der Waals surface area contributed by atoms with Crippen LogP contribution in [0.25, 0.3) is 0 Å². The summed E-state index contributed by atoms with van der Waals surface area (Å²) in [4.78, 5) is 12.3. The maximum absolute atomic E-state index is 11.7. The van der Waals surface area contributed by atoms with Crippen LogP contribution in [-0.2, 0) is 11.8 Å². The molecule has 5 nitrogen and oxygen atoms in total. The van der Waals surface area contributed by atoms with Gasteiger partial charge in [0.25, 0.3) is 0 Å². The largest absolute Gasteiger partial charge is 0.461 e. The van der Waals surface area contributed by atoms with E-state index in [0.29, 0.717) is 17.1 Å². The molecule has 0 unspecified atom stereocenters. The summed E-state index contributed by atoms with van der Waals surface area (Å²) in [6.07, 6.45) is 1.69. The van der Waals surface area contributed by atoms with Crippen molar-refractivity contribution in [3.05, 3.63) is 51.3 Å². The smallest absolute Gasteiger partial charge is 0.355 e. The van der Waals surface area contributed by atoms with Crippen LogP contribution in [0.3, 0.4) is 0 Å². The van der Waals surface area contributed by atoms with E-state index in [2.05, 4.69) is 10.2 Å². The van der Waals surface area contributed by atoms with Gasteiger partial charge in [0, 0.05) is 12.4 Å². The van der Waals surface area contributed by atoms with Crippen LogP contribution < -0.4 is 4.80 Å². The zero-order chi connectivity index (χ0) is 15.2. The van der Waals surface area contributed by atoms with E-state index in [-0.39, 0.29) is 5.97 Å². The third-order valence-corrected chi connectivity index (χ3v) is 3.71. The Balaban J connectivity index is 2.21. The fourth-order valence-corrected chi connectivity index (χ4v) is 2.57. The van der Waals surface area contributed by atoms with Crippen molar-refractivity contribution in [1.29, 1.82) is 0 Å². The Kier molecular flexibility index (Phi) is 5.05. The minimum absolute atomic E-state index is 0.347. The molecule has 1 heterocycles. The average Bonchev–Trinajstić information content (AvgIpc) is 2.81. The molecule has 0 N–H and O–H groups in total. The second-order valence-electron chi connectivity index (χ2n) is 4.44. The SMILES string of the molecule is CCOC(=O)c1csc(=NN=Cc2cccc(C)c2)n1C. The lowest BCUT2D eigenvalue weighted by molar-refractivity contribution is 0.0515. The molecule has 1 aromatic carbocycles. The van der Waals surface area contributed by atoms with E-state index in [1.807, 2.05) is 31.2 Å². The van der Waals surface area contributed by atoms with E-state index in [1.165, 1.54) is 16.9 Å². The Morgan fingerprint density at radius 3 is 3.00 bits per heavy atom. The first-order valence-electron chi connectivity index (χ1n) is 6.57. The zero-order valence-electron chi connectivity index (χ0n) is 12.2. The summed E-state index contributed by atoms with van der Waals surface area (Å²) >= 11 is 1.35. The first-order chi connectivity index (χ1) is 10.1. The fraction of sp³-hybridized carbons (Fsp3) is 0.267. The molecule has 0 aliphatic rings. The van der Waals surface area contributed by atoms with Crippen LogP contribution in [0.15, 0.2) is 39.8 Å². The van der Waals surface area contributed by atoms with E-state index in [4.69, 9.17) is 4.74 Å². The molecule has 2 rings (SSSR count). The van der Waals surface area contributed by atoms with Crippen LogP contribution >= 0.6 is 11.3 Å². The molecule has 0 bridgehead atoms. The molecule has 0 saturated heterocycles. The average molecular weight is 303 g/mol. The van der Waals surface area contributed by atoms with Crippen molar-refractivity contribution in [2.45, 2.75) is 13.8 Å². The number of thiazole rings is 1. The Bertz CT molecular complexity index is 729. The molecule has 0 saturated carbocycles. The predicted octanol–water partition coefficient (Wildman–Crippen LogP) is 2.51. The molecule has 0 amide bonds. The van der Waals surface area contributed by atoms with Gasteiger partial charge in [0.1, 0.15) is 5.69 Å². The number of rotatable bonds is 4. The molecule has 0 aliphatic heterocycles. The number of aryl methyl sites for hydroxylation is 1. The van der Waals surface area contributed by atoms with E-state index in [1.54, 1.807) is 30.1 Å². The summed E-state index contributed by atoms with van der Waals surface area (Å²) in [5.41, 5.74) is 2.64. The van der Waals surface area contributed by atoms with Gasteiger partial charge in [0.2, 0.25) is 4.80 Å². The molecule has 21 heavy (non-hydrogen) atoms. The van der Waals surface area contributed by atoms with Gasteiger partial charge in [0.05, 0.1) is 12.8 Å². The minimum atomic E-state index is -0.347. The highest BCUT2D eigenvalue weighted by Crippen LogP contribution is 2.03. The molecule has 0 spiro atoms. The van der Waals surface area contributed by atoms with E-state index < -0.39 is 0 Å². The third kappa shape index (κ3) is 3.88. The lowest BCUT2D eigenvalue weighted by Gasteiger charge is -2.01.